The third-order valence-electron chi connectivity index (χ3n) is 3.75. The Morgan fingerprint density at radius 1 is 1.47 bits per heavy atom. The first-order chi connectivity index (χ1) is 9.22. The van der Waals surface area contributed by atoms with Gasteiger partial charge in [-0.25, -0.2) is 0 Å². The summed E-state index contributed by atoms with van der Waals surface area (Å²) in [6, 6.07) is 4.77. The second kappa shape index (κ2) is 7.25. The lowest BCUT2D eigenvalue weighted by Gasteiger charge is -2.24. The van der Waals surface area contributed by atoms with Crippen LogP contribution in [0.15, 0.2) is 12.1 Å². The Kier molecular flexibility index (Phi) is 5.64. The summed E-state index contributed by atoms with van der Waals surface area (Å²) in [4.78, 5) is 7.20. The van der Waals surface area contributed by atoms with Crippen LogP contribution in [0.5, 0.6) is 5.75 Å². The molecule has 1 aromatic heterocycles. The average molecular weight is 327 g/mol. The van der Waals surface area contributed by atoms with Crippen LogP contribution in [-0.2, 0) is 6.54 Å². The molecule has 3 nitrogen and oxygen atoms in total. The first-order valence-electron chi connectivity index (χ1n) is 7.04. The Hall–Kier alpha value is -0.610. The number of methoxy groups -OCH3 is 1. The zero-order chi connectivity index (χ0) is 13.7. The number of nitrogens with zero attached hydrogens (tertiary/aromatic N) is 2. The molecule has 1 aliphatic rings. The predicted molar refractivity (Wildman–Crippen MR) is 82.0 cm³/mol. The molecule has 1 saturated heterocycles. The van der Waals surface area contributed by atoms with Gasteiger partial charge >= 0.3 is 0 Å². The van der Waals surface area contributed by atoms with Gasteiger partial charge in [-0.1, -0.05) is 15.9 Å². The average Bonchev–Trinajstić information content (AvgIpc) is 2.83. The lowest BCUT2D eigenvalue weighted by molar-refractivity contribution is 0.231. The van der Waals surface area contributed by atoms with Crippen LogP contribution >= 0.6 is 15.9 Å². The molecule has 1 aromatic rings. The molecule has 0 bridgehead atoms. The summed E-state index contributed by atoms with van der Waals surface area (Å²) >= 11 is 3.52. The quantitative estimate of drug-likeness (QED) is 0.748. The van der Waals surface area contributed by atoms with Gasteiger partial charge in [0, 0.05) is 35.7 Å². The van der Waals surface area contributed by atoms with Crippen LogP contribution in [0.25, 0.3) is 0 Å². The normalized spacial score (nSPS) is 19.8. The molecule has 0 spiro atoms. The molecule has 0 N–H and O–H groups in total. The zero-order valence-electron chi connectivity index (χ0n) is 11.9. The van der Waals surface area contributed by atoms with Crippen molar-refractivity contribution in [3.63, 3.8) is 0 Å². The lowest BCUT2D eigenvalue weighted by Crippen LogP contribution is -2.29. The molecular weight excluding hydrogens is 304 g/mol. The third kappa shape index (κ3) is 4.18. The molecule has 2 heterocycles. The van der Waals surface area contributed by atoms with Crippen molar-refractivity contribution in [3.8, 4) is 5.75 Å². The molecule has 4 heteroatoms. The summed E-state index contributed by atoms with van der Waals surface area (Å²) in [5, 5.41) is 1.11. The van der Waals surface area contributed by atoms with Gasteiger partial charge in [-0.2, -0.15) is 0 Å². The minimum Gasteiger partial charge on any atom is -0.497 e. The molecule has 0 saturated carbocycles. The fourth-order valence-electron chi connectivity index (χ4n) is 2.85. The highest BCUT2D eigenvalue weighted by molar-refractivity contribution is 9.09. The van der Waals surface area contributed by atoms with Gasteiger partial charge < -0.3 is 4.74 Å². The van der Waals surface area contributed by atoms with Gasteiger partial charge in [-0.05, 0) is 39.2 Å². The van der Waals surface area contributed by atoms with Crippen LogP contribution in [0.4, 0.5) is 0 Å². The molecule has 0 aliphatic carbocycles. The fraction of sp³-hybridized carbons (Fsp3) is 0.667. The molecule has 1 aliphatic heterocycles. The first kappa shape index (κ1) is 14.8. The van der Waals surface area contributed by atoms with Crippen molar-refractivity contribution >= 4 is 15.9 Å². The number of pyridine rings is 1. The van der Waals surface area contributed by atoms with E-state index in [2.05, 4.69) is 31.9 Å². The van der Waals surface area contributed by atoms with Gasteiger partial charge in [0.05, 0.1) is 12.8 Å². The van der Waals surface area contributed by atoms with Crippen LogP contribution in [0.2, 0.25) is 0 Å². The van der Waals surface area contributed by atoms with Crippen LogP contribution in [-0.4, -0.2) is 34.9 Å². The van der Waals surface area contributed by atoms with Crippen LogP contribution in [0, 0.1) is 6.92 Å². The summed E-state index contributed by atoms with van der Waals surface area (Å²) in [5.41, 5.74) is 2.16. The summed E-state index contributed by atoms with van der Waals surface area (Å²) < 4.78 is 5.33. The van der Waals surface area contributed by atoms with Gasteiger partial charge in [0.1, 0.15) is 5.75 Å². The molecule has 1 unspecified atom stereocenters. The van der Waals surface area contributed by atoms with Crippen molar-refractivity contribution in [3.05, 3.63) is 23.5 Å². The highest BCUT2D eigenvalue weighted by atomic mass is 79.9. The third-order valence-corrected chi connectivity index (χ3v) is 4.31. The number of ether oxygens (including phenoxy) is 1. The lowest BCUT2D eigenvalue weighted by atomic mass is 10.1. The van der Waals surface area contributed by atoms with Gasteiger partial charge in [0.25, 0.3) is 0 Å². The molecule has 2 rings (SSSR count). The van der Waals surface area contributed by atoms with Crippen molar-refractivity contribution in [2.75, 3.05) is 19.0 Å². The number of alkyl halides is 1. The summed E-state index contributed by atoms with van der Waals surface area (Å²) in [6.07, 6.45) is 5.19. The number of aromatic nitrogens is 1. The van der Waals surface area contributed by atoms with Gasteiger partial charge in [-0.15, -0.1) is 0 Å². The number of likely N-dealkylation sites (tertiary alicyclic amines) is 1. The maximum absolute atomic E-state index is 5.33. The Bertz CT molecular complexity index is 411. The topological polar surface area (TPSA) is 25.4 Å². The molecule has 1 fully saturated rings. The minimum atomic E-state index is 0.728. The maximum atomic E-state index is 5.33. The second-order valence-corrected chi connectivity index (χ2v) is 6.03. The Labute approximate surface area is 124 Å². The van der Waals surface area contributed by atoms with E-state index in [0.29, 0.717) is 0 Å². The fourth-order valence-corrected chi connectivity index (χ4v) is 3.18. The van der Waals surface area contributed by atoms with Crippen LogP contribution < -0.4 is 4.74 Å². The predicted octanol–water partition coefficient (Wildman–Crippen LogP) is 3.54. The van der Waals surface area contributed by atoms with Crippen LogP contribution in [0.3, 0.4) is 0 Å². The van der Waals surface area contributed by atoms with E-state index in [0.717, 1.165) is 35.1 Å². The standard InChI is InChI=1S/C15H23BrN2O/c1-12-9-15(19-2)10-13(17-12)11-18-8-4-6-14(18)5-3-7-16/h9-10,14H,3-8,11H2,1-2H3. The highest BCUT2D eigenvalue weighted by Gasteiger charge is 2.24. The van der Waals surface area contributed by atoms with E-state index in [4.69, 9.17) is 4.74 Å². The van der Waals surface area contributed by atoms with Crippen molar-refractivity contribution < 1.29 is 4.74 Å². The molecule has 0 aromatic carbocycles. The number of rotatable bonds is 6. The molecule has 0 amide bonds. The summed E-state index contributed by atoms with van der Waals surface area (Å²) in [7, 11) is 1.72. The minimum absolute atomic E-state index is 0.728. The van der Waals surface area contributed by atoms with E-state index < -0.39 is 0 Å². The summed E-state index contributed by atoms with van der Waals surface area (Å²) in [6.45, 7) is 4.17. The van der Waals surface area contributed by atoms with Crippen molar-refractivity contribution in [1.29, 1.82) is 0 Å². The first-order valence-corrected chi connectivity index (χ1v) is 8.16. The highest BCUT2D eigenvalue weighted by Crippen LogP contribution is 2.24. The second-order valence-electron chi connectivity index (χ2n) is 5.24. The molecular formula is C15H23BrN2O. The van der Waals surface area contributed by atoms with Crippen molar-refractivity contribution in [2.45, 2.75) is 45.2 Å². The molecule has 1 atom stereocenters. The number of hydrogen-bond acceptors (Lipinski definition) is 3. The smallest absolute Gasteiger partial charge is 0.122 e. The van der Waals surface area contributed by atoms with E-state index in [1.807, 2.05) is 13.0 Å². The Morgan fingerprint density at radius 3 is 3.05 bits per heavy atom. The largest absolute Gasteiger partial charge is 0.497 e. The monoisotopic (exact) mass is 326 g/mol. The van der Waals surface area contributed by atoms with E-state index in [-0.39, 0.29) is 0 Å². The van der Waals surface area contributed by atoms with Gasteiger partial charge in [0.2, 0.25) is 0 Å². The maximum Gasteiger partial charge on any atom is 0.122 e. The molecule has 106 valence electrons. The summed E-state index contributed by atoms with van der Waals surface area (Å²) in [5.74, 6) is 0.915. The van der Waals surface area contributed by atoms with E-state index >= 15 is 0 Å². The zero-order valence-corrected chi connectivity index (χ0v) is 13.4. The number of aryl methyl sites for hydroxylation is 1. The molecule has 0 radical (unpaired) electrons. The van der Waals surface area contributed by atoms with Crippen molar-refractivity contribution in [1.82, 2.24) is 9.88 Å². The number of halogens is 1. The SMILES string of the molecule is COc1cc(C)nc(CN2CCCC2CCCBr)c1. The van der Waals surface area contributed by atoms with Crippen LogP contribution in [0.1, 0.15) is 37.1 Å². The Balaban J connectivity index is 2.01. The van der Waals surface area contributed by atoms with Crippen molar-refractivity contribution in [2.24, 2.45) is 0 Å². The Morgan fingerprint density at radius 2 is 2.32 bits per heavy atom. The van der Waals surface area contributed by atoms with E-state index in [1.165, 1.54) is 32.2 Å². The number of hydrogen-bond donors (Lipinski definition) is 0. The van der Waals surface area contributed by atoms with Gasteiger partial charge in [0.15, 0.2) is 0 Å². The molecule has 19 heavy (non-hydrogen) atoms. The van der Waals surface area contributed by atoms with E-state index in [9.17, 15) is 0 Å². The van der Waals surface area contributed by atoms with E-state index in [1.54, 1.807) is 7.11 Å². The van der Waals surface area contributed by atoms with Gasteiger partial charge in [-0.3, -0.25) is 9.88 Å².